The second-order valence-electron chi connectivity index (χ2n) is 2.29. The average Bonchev–Trinajstić information content (AvgIpc) is 2.07. The van der Waals surface area contributed by atoms with Gasteiger partial charge in [-0.15, -0.1) is 0 Å². The summed E-state index contributed by atoms with van der Waals surface area (Å²) in [6.45, 7) is 4.74. The van der Waals surface area contributed by atoms with Gasteiger partial charge in [0.1, 0.15) is 13.0 Å². The van der Waals surface area contributed by atoms with E-state index in [2.05, 4.69) is 7.28 Å². The van der Waals surface area contributed by atoms with Crippen molar-refractivity contribution in [3.8, 4) is 5.75 Å². The predicted molar refractivity (Wildman–Crippen MR) is 48.9 cm³/mol. The fraction of sp³-hybridized carbons (Fsp3) is 0.333. The van der Waals surface area contributed by atoms with Gasteiger partial charge in [-0.2, -0.15) is 0 Å². The van der Waals surface area contributed by atoms with Gasteiger partial charge >= 0.3 is 0 Å². The minimum atomic E-state index is 0.731. The zero-order valence-electron chi connectivity index (χ0n) is 7.00. The number of ether oxygens (including phenoxy) is 1. The van der Waals surface area contributed by atoms with Crippen LogP contribution in [0.1, 0.15) is 6.92 Å². The fourth-order valence-corrected chi connectivity index (χ4v) is 0.923. The smallest absolute Gasteiger partial charge is 0.148 e. The molecule has 0 fully saturated rings. The lowest BCUT2D eigenvalue weighted by Crippen LogP contribution is -2.08. The lowest BCUT2D eigenvalue weighted by atomic mass is 9.73. The van der Waals surface area contributed by atoms with Gasteiger partial charge in [0, 0.05) is 0 Å². The van der Waals surface area contributed by atoms with Crippen LogP contribution < -0.4 is 10.2 Å². The summed E-state index contributed by atoms with van der Waals surface area (Å²) in [4.78, 5) is 0. The van der Waals surface area contributed by atoms with Gasteiger partial charge in [-0.05, 0) is 19.1 Å². The van der Waals surface area contributed by atoms with Crippen molar-refractivity contribution in [2.75, 3.05) is 6.61 Å². The Balaban J connectivity index is 2.66. The van der Waals surface area contributed by atoms with E-state index in [1.54, 1.807) is 0 Å². The van der Waals surface area contributed by atoms with Crippen LogP contribution in [0.3, 0.4) is 0 Å². The topological polar surface area (TPSA) is 9.23 Å². The van der Waals surface area contributed by atoms with Gasteiger partial charge in [0.25, 0.3) is 0 Å². The molecular weight excluding hydrogens is 135 g/mol. The molecule has 1 nitrogen and oxygen atoms in total. The Hall–Kier alpha value is -0.915. The highest BCUT2D eigenvalue weighted by Crippen LogP contribution is 2.06. The molecule has 0 spiro atoms. The minimum Gasteiger partial charge on any atom is -0.494 e. The summed E-state index contributed by atoms with van der Waals surface area (Å²) in [5.41, 5.74) is 1.23. The van der Waals surface area contributed by atoms with Crippen LogP contribution in [-0.4, -0.2) is 13.9 Å². The maximum atomic E-state index is 5.29. The monoisotopic (exact) mass is 147 g/mol. The van der Waals surface area contributed by atoms with Gasteiger partial charge in [-0.25, -0.2) is 0 Å². The molecule has 1 radical (unpaired) electrons. The molecule has 0 saturated heterocycles. The van der Waals surface area contributed by atoms with Gasteiger partial charge in [0.05, 0.1) is 6.61 Å². The molecule has 2 heteroatoms. The third-order valence-corrected chi connectivity index (χ3v) is 1.52. The zero-order chi connectivity index (χ0) is 8.10. The van der Waals surface area contributed by atoms with Crippen LogP contribution >= 0.6 is 0 Å². The van der Waals surface area contributed by atoms with E-state index < -0.39 is 0 Å². The van der Waals surface area contributed by atoms with E-state index in [0.29, 0.717) is 0 Å². The van der Waals surface area contributed by atoms with E-state index in [9.17, 15) is 0 Å². The highest BCUT2D eigenvalue weighted by molar-refractivity contribution is 6.51. The van der Waals surface area contributed by atoms with Crippen molar-refractivity contribution in [2.45, 2.75) is 13.7 Å². The van der Waals surface area contributed by atoms with Crippen LogP contribution in [0, 0.1) is 0 Å². The van der Waals surface area contributed by atoms with Crippen LogP contribution in [-0.2, 0) is 0 Å². The lowest BCUT2D eigenvalue weighted by molar-refractivity contribution is 0.340. The highest BCUT2D eigenvalue weighted by atomic mass is 16.5. The minimum absolute atomic E-state index is 0.731. The summed E-state index contributed by atoms with van der Waals surface area (Å²) in [6, 6.07) is 8.06. The Kier molecular flexibility index (Phi) is 3.03. The molecule has 0 bridgehead atoms. The predicted octanol–water partition coefficient (Wildman–Crippen LogP) is 1.46. The Bertz CT molecular complexity index is 205. The largest absolute Gasteiger partial charge is 0.494 e. The molecule has 1 aromatic carbocycles. The molecular formula is C9H12BO. The molecule has 0 N–H and O–H groups in total. The standard InChI is InChI=1S/C9H12BO/c1-3-11-9-6-4-8(10-2)5-7-9/h4-7H,3H2,1-2H3. The molecule has 0 atom stereocenters. The summed E-state index contributed by atoms with van der Waals surface area (Å²) < 4.78 is 5.29. The molecule has 0 saturated carbocycles. The van der Waals surface area contributed by atoms with Gasteiger partial charge < -0.3 is 4.74 Å². The summed E-state index contributed by atoms with van der Waals surface area (Å²) in [5, 5.41) is 0. The Morgan fingerprint density at radius 3 is 2.36 bits per heavy atom. The van der Waals surface area contributed by atoms with Crippen molar-refractivity contribution in [3.63, 3.8) is 0 Å². The van der Waals surface area contributed by atoms with Crippen LogP contribution in [0.2, 0.25) is 6.82 Å². The first-order valence-corrected chi connectivity index (χ1v) is 3.89. The maximum absolute atomic E-state index is 5.29. The van der Waals surface area contributed by atoms with E-state index in [4.69, 9.17) is 4.74 Å². The second kappa shape index (κ2) is 4.07. The van der Waals surface area contributed by atoms with E-state index in [1.807, 2.05) is 38.0 Å². The fourth-order valence-electron chi connectivity index (χ4n) is 0.923. The second-order valence-corrected chi connectivity index (χ2v) is 2.29. The molecule has 1 aromatic rings. The van der Waals surface area contributed by atoms with Crippen LogP contribution in [0.25, 0.3) is 0 Å². The Labute approximate surface area is 68.6 Å². The molecule has 0 aliphatic rings. The van der Waals surface area contributed by atoms with E-state index >= 15 is 0 Å². The Morgan fingerprint density at radius 2 is 1.91 bits per heavy atom. The van der Waals surface area contributed by atoms with Crippen LogP contribution in [0.5, 0.6) is 5.75 Å². The van der Waals surface area contributed by atoms with Crippen molar-refractivity contribution >= 4 is 12.7 Å². The first kappa shape index (κ1) is 8.18. The van der Waals surface area contributed by atoms with E-state index in [0.717, 1.165) is 12.4 Å². The summed E-state index contributed by atoms with van der Waals surface area (Å²) in [5.74, 6) is 0.943. The van der Waals surface area contributed by atoms with Crippen molar-refractivity contribution in [2.24, 2.45) is 0 Å². The van der Waals surface area contributed by atoms with Gasteiger partial charge in [-0.1, -0.05) is 24.4 Å². The maximum Gasteiger partial charge on any atom is 0.148 e. The molecule has 0 aromatic heterocycles. The summed E-state index contributed by atoms with van der Waals surface area (Å²) in [6.07, 6.45) is 0. The number of benzene rings is 1. The average molecular weight is 147 g/mol. The number of hydrogen-bond donors (Lipinski definition) is 0. The van der Waals surface area contributed by atoms with Gasteiger partial charge in [0.2, 0.25) is 0 Å². The van der Waals surface area contributed by atoms with Crippen LogP contribution in [0.15, 0.2) is 24.3 Å². The first-order chi connectivity index (χ1) is 5.36. The lowest BCUT2D eigenvalue weighted by Gasteiger charge is -2.02. The van der Waals surface area contributed by atoms with Crippen molar-refractivity contribution in [3.05, 3.63) is 24.3 Å². The highest BCUT2D eigenvalue weighted by Gasteiger charge is 1.91. The van der Waals surface area contributed by atoms with Crippen molar-refractivity contribution in [1.82, 2.24) is 0 Å². The molecule has 0 aliphatic carbocycles. The molecule has 0 amide bonds. The van der Waals surface area contributed by atoms with E-state index in [-0.39, 0.29) is 0 Å². The Morgan fingerprint density at radius 1 is 1.27 bits per heavy atom. The van der Waals surface area contributed by atoms with Crippen molar-refractivity contribution < 1.29 is 4.74 Å². The van der Waals surface area contributed by atoms with Gasteiger partial charge in [-0.3, -0.25) is 0 Å². The van der Waals surface area contributed by atoms with Crippen molar-refractivity contribution in [1.29, 1.82) is 0 Å². The SMILES string of the molecule is C[B]c1ccc(OCC)cc1. The quantitative estimate of drug-likeness (QED) is 0.588. The van der Waals surface area contributed by atoms with Crippen LogP contribution in [0.4, 0.5) is 0 Å². The summed E-state index contributed by atoms with van der Waals surface area (Å²) in [7, 11) is 2.07. The molecule has 0 aliphatic heterocycles. The third-order valence-electron chi connectivity index (χ3n) is 1.52. The molecule has 11 heavy (non-hydrogen) atoms. The number of rotatable bonds is 3. The molecule has 57 valence electrons. The molecule has 1 rings (SSSR count). The zero-order valence-corrected chi connectivity index (χ0v) is 7.00. The number of hydrogen-bond acceptors (Lipinski definition) is 1. The van der Waals surface area contributed by atoms with E-state index in [1.165, 1.54) is 5.46 Å². The molecule has 0 heterocycles. The summed E-state index contributed by atoms with van der Waals surface area (Å²) >= 11 is 0. The van der Waals surface area contributed by atoms with Gasteiger partial charge in [0.15, 0.2) is 0 Å². The third kappa shape index (κ3) is 2.30. The molecule has 0 unspecified atom stereocenters. The normalized spacial score (nSPS) is 9.27. The first-order valence-electron chi connectivity index (χ1n) is 3.89.